The van der Waals surface area contributed by atoms with Crippen molar-refractivity contribution in [2.24, 2.45) is 11.3 Å². The molecule has 0 bridgehead atoms. The van der Waals surface area contributed by atoms with E-state index in [1.54, 1.807) is 6.26 Å². The first-order valence-electron chi connectivity index (χ1n) is 7.46. The van der Waals surface area contributed by atoms with Crippen molar-refractivity contribution in [1.29, 1.82) is 0 Å². The standard InChI is InChI=1S/C16H28N2O/c1-5-17-15-14(6-8-16(15,2)3)11-18(4)10-13-7-9-19-12-13/h7,9,12,14-15,17H,5-6,8,10-11H2,1-4H3. The molecule has 0 spiro atoms. The van der Waals surface area contributed by atoms with Gasteiger partial charge in [0.05, 0.1) is 12.5 Å². The molecule has 0 aliphatic heterocycles. The van der Waals surface area contributed by atoms with Gasteiger partial charge in [0.15, 0.2) is 0 Å². The van der Waals surface area contributed by atoms with Crippen LogP contribution in [0.25, 0.3) is 0 Å². The summed E-state index contributed by atoms with van der Waals surface area (Å²) in [6, 6.07) is 2.70. The fourth-order valence-electron chi connectivity index (χ4n) is 3.54. The lowest BCUT2D eigenvalue weighted by molar-refractivity contribution is 0.201. The third-order valence-corrected chi connectivity index (χ3v) is 4.48. The van der Waals surface area contributed by atoms with Gasteiger partial charge in [-0.25, -0.2) is 0 Å². The number of furan rings is 1. The van der Waals surface area contributed by atoms with Gasteiger partial charge in [-0.1, -0.05) is 20.8 Å². The van der Waals surface area contributed by atoms with Crippen LogP contribution in [0.3, 0.4) is 0 Å². The van der Waals surface area contributed by atoms with Gasteiger partial charge >= 0.3 is 0 Å². The maximum absolute atomic E-state index is 5.14. The van der Waals surface area contributed by atoms with E-state index in [1.165, 1.54) is 18.4 Å². The molecular weight excluding hydrogens is 236 g/mol. The van der Waals surface area contributed by atoms with E-state index >= 15 is 0 Å². The second-order valence-electron chi connectivity index (χ2n) is 6.65. The Morgan fingerprint density at radius 3 is 2.89 bits per heavy atom. The van der Waals surface area contributed by atoms with E-state index in [-0.39, 0.29) is 0 Å². The van der Waals surface area contributed by atoms with Crippen LogP contribution in [0.4, 0.5) is 0 Å². The van der Waals surface area contributed by atoms with Crippen LogP contribution in [0.1, 0.15) is 39.2 Å². The maximum atomic E-state index is 5.14. The summed E-state index contributed by atoms with van der Waals surface area (Å²) in [6.45, 7) is 10.2. The van der Waals surface area contributed by atoms with Crippen molar-refractivity contribution >= 4 is 0 Å². The second kappa shape index (κ2) is 6.10. The van der Waals surface area contributed by atoms with Crippen molar-refractivity contribution in [3.8, 4) is 0 Å². The summed E-state index contributed by atoms with van der Waals surface area (Å²) >= 11 is 0. The van der Waals surface area contributed by atoms with Crippen LogP contribution < -0.4 is 5.32 Å². The van der Waals surface area contributed by atoms with Gasteiger partial charge in [0.25, 0.3) is 0 Å². The summed E-state index contributed by atoms with van der Waals surface area (Å²) in [6.07, 6.45) is 6.26. The van der Waals surface area contributed by atoms with Crippen LogP contribution in [0.15, 0.2) is 23.0 Å². The molecule has 2 unspecified atom stereocenters. The molecule has 1 heterocycles. The van der Waals surface area contributed by atoms with E-state index in [0.29, 0.717) is 11.5 Å². The van der Waals surface area contributed by atoms with Crippen LogP contribution in [0, 0.1) is 11.3 Å². The van der Waals surface area contributed by atoms with Crippen molar-refractivity contribution in [3.63, 3.8) is 0 Å². The Kier molecular flexibility index (Phi) is 4.69. The summed E-state index contributed by atoms with van der Waals surface area (Å²) in [5.41, 5.74) is 1.69. The summed E-state index contributed by atoms with van der Waals surface area (Å²) in [5.74, 6) is 0.756. The Morgan fingerprint density at radius 1 is 1.47 bits per heavy atom. The van der Waals surface area contributed by atoms with Gasteiger partial charge in [-0.3, -0.25) is 0 Å². The Bertz CT molecular complexity index is 372. The Balaban J connectivity index is 1.90. The molecule has 1 aromatic rings. The van der Waals surface area contributed by atoms with E-state index in [1.807, 2.05) is 6.26 Å². The molecule has 3 nitrogen and oxygen atoms in total. The van der Waals surface area contributed by atoms with Gasteiger partial charge in [0, 0.05) is 24.7 Å². The van der Waals surface area contributed by atoms with E-state index in [4.69, 9.17) is 4.42 Å². The van der Waals surface area contributed by atoms with Crippen molar-refractivity contribution < 1.29 is 4.42 Å². The summed E-state index contributed by atoms with van der Waals surface area (Å²) in [7, 11) is 2.21. The van der Waals surface area contributed by atoms with Gasteiger partial charge < -0.3 is 14.6 Å². The number of nitrogens with one attached hydrogen (secondary N) is 1. The van der Waals surface area contributed by atoms with Crippen LogP contribution in [0.2, 0.25) is 0 Å². The molecule has 1 fully saturated rings. The first kappa shape index (κ1) is 14.6. The molecule has 0 amide bonds. The zero-order chi connectivity index (χ0) is 13.9. The van der Waals surface area contributed by atoms with Crippen molar-refractivity contribution in [2.45, 2.75) is 46.2 Å². The predicted octanol–water partition coefficient (Wildman–Crippen LogP) is 3.13. The third-order valence-electron chi connectivity index (χ3n) is 4.48. The second-order valence-corrected chi connectivity index (χ2v) is 6.65. The molecule has 2 rings (SSSR count). The average molecular weight is 264 g/mol. The minimum absolute atomic E-state index is 0.428. The zero-order valence-corrected chi connectivity index (χ0v) is 12.8. The fraction of sp³-hybridized carbons (Fsp3) is 0.750. The van der Waals surface area contributed by atoms with Gasteiger partial charge in [0.1, 0.15) is 0 Å². The summed E-state index contributed by atoms with van der Waals surface area (Å²) < 4.78 is 5.14. The number of hydrogen-bond acceptors (Lipinski definition) is 3. The highest BCUT2D eigenvalue weighted by Gasteiger charge is 2.41. The van der Waals surface area contributed by atoms with Crippen molar-refractivity contribution in [3.05, 3.63) is 24.2 Å². The minimum Gasteiger partial charge on any atom is -0.472 e. The minimum atomic E-state index is 0.428. The van der Waals surface area contributed by atoms with Crippen molar-refractivity contribution in [2.75, 3.05) is 20.1 Å². The maximum Gasteiger partial charge on any atom is 0.0947 e. The molecule has 0 saturated heterocycles. The number of rotatable bonds is 6. The lowest BCUT2D eigenvalue weighted by Crippen LogP contribution is -2.45. The highest BCUT2D eigenvalue weighted by atomic mass is 16.3. The normalized spacial score (nSPS) is 26.2. The highest BCUT2D eigenvalue weighted by Crippen LogP contribution is 2.41. The van der Waals surface area contributed by atoms with E-state index in [2.05, 4.69) is 44.1 Å². The molecule has 1 aliphatic rings. The summed E-state index contributed by atoms with van der Waals surface area (Å²) in [4.78, 5) is 2.42. The third kappa shape index (κ3) is 3.61. The van der Waals surface area contributed by atoms with Gasteiger partial charge in [-0.2, -0.15) is 0 Å². The van der Waals surface area contributed by atoms with Gasteiger partial charge in [-0.05, 0) is 43.8 Å². The van der Waals surface area contributed by atoms with Crippen LogP contribution in [0.5, 0.6) is 0 Å². The predicted molar refractivity (Wildman–Crippen MR) is 79.0 cm³/mol. The first-order chi connectivity index (χ1) is 9.03. The van der Waals surface area contributed by atoms with Crippen LogP contribution in [-0.2, 0) is 6.54 Å². The van der Waals surface area contributed by atoms with E-state index < -0.39 is 0 Å². The van der Waals surface area contributed by atoms with Crippen LogP contribution in [-0.4, -0.2) is 31.1 Å². The molecule has 1 aromatic heterocycles. The smallest absolute Gasteiger partial charge is 0.0947 e. The molecule has 108 valence electrons. The monoisotopic (exact) mass is 264 g/mol. The molecule has 2 atom stereocenters. The molecule has 1 N–H and O–H groups in total. The largest absolute Gasteiger partial charge is 0.472 e. The molecule has 1 saturated carbocycles. The van der Waals surface area contributed by atoms with E-state index in [0.717, 1.165) is 25.6 Å². The van der Waals surface area contributed by atoms with Crippen LogP contribution >= 0.6 is 0 Å². The Labute approximate surface area is 117 Å². The van der Waals surface area contributed by atoms with Crippen molar-refractivity contribution in [1.82, 2.24) is 10.2 Å². The molecular formula is C16H28N2O. The highest BCUT2D eigenvalue weighted by molar-refractivity contribution is 5.05. The van der Waals surface area contributed by atoms with E-state index in [9.17, 15) is 0 Å². The lowest BCUT2D eigenvalue weighted by atomic mass is 9.84. The van der Waals surface area contributed by atoms with Gasteiger partial charge in [0.2, 0.25) is 0 Å². The number of nitrogens with zero attached hydrogens (tertiary/aromatic N) is 1. The summed E-state index contributed by atoms with van der Waals surface area (Å²) in [5, 5.41) is 3.70. The quantitative estimate of drug-likeness (QED) is 0.855. The molecule has 19 heavy (non-hydrogen) atoms. The lowest BCUT2D eigenvalue weighted by Gasteiger charge is -2.33. The molecule has 0 radical (unpaired) electrons. The Morgan fingerprint density at radius 2 is 2.26 bits per heavy atom. The topological polar surface area (TPSA) is 28.4 Å². The molecule has 1 aliphatic carbocycles. The van der Waals surface area contributed by atoms with Gasteiger partial charge in [-0.15, -0.1) is 0 Å². The average Bonchev–Trinajstić information content (AvgIpc) is 2.92. The Hall–Kier alpha value is -0.800. The fourth-order valence-corrected chi connectivity index (χ4v) is 3.54. The molecule has 3 heteroatoms. The molecule has 0 aromatic carbocycles. The zero-order valence-electron chi connectivity index (χ0n) is 12.8. The number of hydrogen-bond donors (Lipinski definition) is 1. The SMILES string of the molecule is CCNC1C(CN(C)Cc2ccoc2)CCC1(C)C. The first-order valence-corrected chi connectivity index (χ1v) is 7.46.